The van der Waals surface area contributed by atoms with E-state index in [4.69, 9.17) is 5.11 Å². The average molecular weight is 343 g/mol. The maximum absolute atomic E-state index is 10.3. The van der Waals surface area contributed by atoms with E-state index < -0.39 is 5.97 Å². The molecule has 0 bridgehead atoms. The summed E-state index contributed by atoms with van der Waals surface area (Å²) in [6, 6.07) is 0. The summed E-state index contributed by atoms with van der Waals surface area (Å²) in [5.74, 6) is 0.212. The third-order valence-corrected chi connectivity index (χ3v) is 3.92. The zero-order valence-electron chi connectivity index (χ0n) is 15.2. The number of aliphatic carboxylic acids is 1. The summed E-state index contributed by atoms with van der Waals surface area (Å²) in [6.45, 7) is 4.61. The second-order valence-electron chi connectivity index (χ2n) is 6.57. The van der Waals surface area contributed by atoms with Crippen LogP contribution in [0.3, 0.4) is 0 Å². The van der Waals surface area contributed by atoms with Crippen LogP contribution in [-0.2, 0) is 4.79 Å². The summed E-state index contributed by atoms with van der Waals surface area (Å²) in [5.41, 5.74) is 0. The fourth-order valence-electron chi connectivity index (χ4n) is 2.60. The van der Waals surface area contributed by atoms with Crippen molar-refractivity contribution in [1.29, 1.82) is 0 Å². The number of carboxylic acid groups (broad SMARTS) is 1. The van der Waals surface area contributed by atoms with E-state index in [-0.39, 0.29) is 42.0 Å². The number of halogens is 1. The molecule has 0 heterocycles. The minimum atomic E-state index is -0.654. The molecule has 0 aliphatic heterocycles. The molecular weight excluding hydrogens is 307 g/mol. The van der Waals surface area contributed by atoms with Crippen LogP contribution in [0.15, 0.2) is 0 Å². The van der Waals surface area contributed by atoms with Crippen molar-refractivity contribution in [1.82, 2.24) is 0 Å². The van der Waals surface area contributed by atoms with E-state index in [1.165, 1.54) is 70.6 Å². The Hall–Kier alpha value is 0.760. The molecule has 0 radical (unpaired) electrons. The molecule has 0 aromatic carbocycles. The van der Waals surface area contributed by atoms with Crippen LogP contribution in [0.25, 0.3) is 0 Å². The summed E-state index contributed by atoms with van der Waals surface area (Å²) in [4.78, 5) is 10.3. The van der Waals surface area contributed by atoms with Crippen LogP contribution >= 0.6 is 0 Å². The quantitative estimate of drug-likeness (QED) is 0.341. The van der Waals surface area contributed by atoms with Gasteiger partial charge in [0.05, 0.1) is 0 Å². The van der Waals surface area contributed by atoms with Crippen molar-refractivity contribution in [3.05, 3.63) is 0 Å². The first-order valence-corrected chi connectivity index (χ1v) is 8.84. The van der Waals surface area contributed by atoms with Gasteiger partial charge in [-0.25, -0.2) is 0 Å². The molecule has 0 unspecified atom stereocenters. The third-order valence-electron chi connectivity index (χ3n) is 3.92. The van der Waals surface area contributed by atoms with Crippen molar-refractivity contribution >= 4 is 5.97 Å². The summed E-state index contributed by atoms with van der Waals surface area (Å²) in [7, 11) is 0. The second-order valence-corrected chi connectivity index (χ2v) is 6.57. The van der Waals surface area contributed by atoms with Crippen LogP contribution in [0, 0.1) is 5.92 Å². The van der Waals surface area contributed by atoms with Gasteiger partial charge in [0.25, 0.3) is 0 Å². The van der Waals surface area contributed by atoms with E-state index in [0.29, 0.717) is 6.42 Å². The van der Waals surface area contributed by atoms with Crippen molar-refractivity contribution in [2.24, 2.45) is 5.92 Å². The zero-order valence-corrected chi connectivity index (χ0v) is 18.0. The number of rotatable bonds is 15. The normalized spacial score (nSPS) is 10.1. The number of unbranched alkanes of at least 4 members (excludes halogenated alkanes) is 11. The molecule has 0 spiro atoms. The smallest absolute Gasteiger partial charge is 1.00 e. The van der Waals surface area contributed by atoms with E-state index in [2.05, 4.69) is 13.8 Å². The molecule has 0 rings (SSSR count). The first kappa shape index (κ1) is 27.6. The molecule has 0 aliphatic rings. The molecule has 0 atom stereocenters. The van der Waals surface area contributed by atoms with Gasteiger partial charge in [-0.1, -0.05) is 90.9 Å². The standard InChI is InChI=1S/C18H36O2.ClH.Na/c1-17(2)15-13-11-9-7-5-3-4-6-8-10-12-14-16-18(19)20;;/h17H,3-16H2,1-2H3,(H,19,20);1H;/q;;+1/p-1. The predicted octanol–water partition coefficient (Wildman–Crippen LogP) is 0.196. The Balaban J connectivity index is -0.00000180. The summed E-state index contributed by atoms with van der Waals surface area (Å²) in [5, 5.41) is 8.52. The molecular formula is C18H36ClNaO2. The van der Waals surface area contributed by atoms with Crippen LogP contribution in [-0.4, -0.2) is 11.1 Å². The largest absolute Gasteiger partial charge is 1.00 e. The average Bonchev–Trinajstić information content (AvgIpc) is 2.38. The Morgan fingerprint density at radius 3 is 1.36 bits per heavy atom. The van der Waals surface area contributed by atoms with Crippen LogP contribution in [0.2, 0.25) is 0 Å². The van der Waals surface area contributed by atoms with E-state index >= 15 is 0 Å². The topological polar surface area (TPSA) is 37.3 Å². The molecule has 0 aromatic rings. The van der Waals surface area contributed by atoms with Gasteiger partial charge in [-0.2, -0.15) is 0 Å². The predicted molar refractivity (Wildman–Crippen MR) is 87.1 cm³/mol. The maximum Gasteiger partial charge on any atom is 1.00 e. The molecule has 128 valence electrons. The Bertz CT molecular complexity index is 223. The fraction of sp³-hybridized carbons (Fsp3) is 0.944. The van der Waals surface area contributed by atoms with Gasteiger partial charge in [0.1, 0.15) is 0 Å². The van der Waals surface area contributed by atoms with Crippen LogP contribution < -0.4 is 42.0 Å². The van der Waals surface area contributed by atoms with Crippen LogP contribution in [0.5, 0.6) is 0 Å². The first-order chi connectivity index (χ1) is 9.63. The monoisotopic (exact) mass is 342 g/mol. The Labute approximate surface area is 166 Å². The van der Waals surface area contributed by atoms with Gasteiger partial charge in [-0.05, 0) is 12.3 Å². The molecule has 4 heteroatoms. The van der Waals surface area contributed by atoms with Crippen molar-refractivity contribution in [2.75, 3.05) is 0 Å². The van der Waals surface area contributed by atoms with Gasteiger partial charge in [0, 0.05) is 6.42 Å². The minimum absolute atomic E-state index is 0. The second kappa shape index (κ2) is 21.8. The van der Waals surface area contributed by atoms with Crippen LogP contribution in [0.4, 0.5) is 0 Å². The maximum atomic E-state index is 10.3. The molecule has 0 amide bonds. The van der Waals surface area contributed by atoms with Gasteiger partial charge < -0.3 is 17.5 Å². The Morgan fingerprint density at radius 1 is 0.727 bits per heavy atom. The van der Waals surface area contributed by atoms with E-state index in [1.807, 2.05) is 0 Å². The molecule has 0 saturated heterocycles. The summed E-state index contributed by atoms with van der Waals surface area (Å²) < 4.78 is 0. The molecule has 22 heavy (non-hydrogen) atoms. The van der Waals surface area contributed by atoms with Gasteiger partial charge in [-0.3, -0.25) is 4.79 Å². The molecule has 0 aromatic heterocycles. The van der Waals surface area contributed by atoms with Crippen molar-refractivity contribution in [3.63, 3.8) is 0 Å². The van der Waals surface area contributed by atoms with Crippen molar-refractivity contribution in [3.8, 4) is 0 Å². The van der Waals surface area contributed by atoms with Gasteiger partial charge in [0.2, 0.25) is 0 Å². The molecule has 0 aliphatic carbocycles. The summed E-state index contributed by atoms with van der Waals surface area (Å²) in [6.07, 6.45) is 17.3. The Kier molecular flexibility index (Phi) is 27.3. The number of hydrogen-bond donors (Lipinski definition) is 1. The molecule has 0 saturated carbocycles. The number of carboxylic acids is 1. The van der Waals surface area contributed by atoms with Crippen LogP contribution in [0.1, 0.15) is 104 Å². The van der Waals surface area contributed by atoms with Gasteiger partial charge in [0.15, 0.2) is 0 Å². The first-order valence-electron chi connectivity index (χ1n) is 8.84. The Morgan fingerprint density at radius 2 is 1.05 bits per heavy atom. The van der Waals surface area contributed by atoms with Crippen molar-refractivity contribution < 1.29 is 51.9 Å². The zero-order chi connectivity index (χ0) is 15.1. The van der Waals surface area contributed by atoms with E-state index in [0.717, 1.165) is 18.8 Å². The fourth-order valence-corrected chi connectivity index (χ4v) is 2.60. The third kappa shape index (κ3) is 25.7. The van der Waals surface area contributed by atoms with E-state index in [9.17, 15) is 4.79 Å². The van der Waals surface area contributed by atoms with Gasteiger partial charge >= 0.3 is 35.5 Å². The number of hydrogen-bond acceptors (Lipinski definition) is 1. The molecule has 2 nitrogen and oxygen atoms in total. The van der Waals surface area contributed by atoms with E-state index in [1.54, 1.807) is 0 Å². The minimum Gasteiger partial charge on any atom is -1.00 e. The molecule has 1 N–H and O–H groups in total. The number of carbonyl (C=O) groups is 1. The van der Waals surface area contributed by atoms with Gasteiger partial charge in [-0.15, -0.1) is 0 Å². The molecule has 0 fully saturated rings. The summed E-state index contributed by atoms with van der Waals surface area (Å²) >= 11 is 0. The SMILES string of the molecule is CC(C)CCCCCCCCCCCCCCC(=O)O.[Cl-].[Na+]. The van der Waals surface area contributed by atoms with Crippen molar-refractivity contribution in [2.45, 2.75) is 104 Å².